The second-order valence-corrected chi connectivity index (χ2v) is 3.58. The third-order valence-corrected chi connectivity index (χ3v) is 2.04. The molecule has 0 aliphatic carbocycles. The summed E-state index contributed by atoms with van der Waals surface area (Å²) in [5.41, 5.74) is -2.00. The zero-order valence-corrected chi connectivity index (χ0v) is 9.44. The van der Waals surface area contributed by atoms with Gasteiger partial charge in [0.05, 0.1) is 13.0 Å². The van der Waals surface area contributed by atoms with Gasteiger partial charge in [-0.3, -0.25) is 4.79 Å². The van der Waals surface area contributed by atoms with Crippen molar-refractivity contribution in [2.75, 3.05) is 6.61 Å². The van der Waals surface area contributed by atoms with E-state index in [1.54, 1.807) is 0 Å². The molecule has 0 aromatic rings. The van der Waals surface area contributed by atoms with Crippen molar-refractivity contribution in [1.29, 1.82) is 0 Å². The molecule has 0 heterocycles. The van der Waals surface area contributed by atoms with Crippen LogP contribution >= 0.6 is 0 Å². The summed E-state index contributed by atoms with van der Waals surface area (Å²) in [7, 11) is 0. The Bertz CT molecular complexity index is 261. The van der Waals surface area contributed by atoms with Crippen molar-refractivity contribution < 1.29 is 24.5 Å². The van der Waals surface area contributed by atoms with Gasteiger partial charge >= 0.3 is 11.9 Å². The zero-order chi connectivity index (χ0) is 12.6. The van der Waals surface area contributed by atoms with E-state index in [-0.39, 0.29) is 13.0 Å². The molecule has 0 bridgehead atoms. The molecule has 0 rings (SSSR count). The SMILES string of the molecule is C=CC[C@@](O)(CC(=O)O)C(=O)OCCCC. The summed E-state index contributed by atoms with van der Waals surface area (Å²) in [5, 5.41) is 18.4. The number of rotatable bonds is 8. The highest BCUT2D eigenvalue weighted by atomic mass is 16.5. The Morgan fingerprint density at radius 2 is 2.12 bits per heavy atom. The summed E-state index contributed by atoms with van der Waals surface area (Å²) in [6, 6.07) is 0. The molecule has 0 spiro atoms. The number of aliphatic carboxylic acids is 1. The number of aliphatic hydroxyl groups is 1. The third-order valence-electron chi connectivity index (χ3n) is 2.04. The molecule has 0 saturated carbocycles. The molecular weight excluding hydrogens is 212 g/mol. The zero-order valence-electron chi connectivity index (χ0n) is 9.44. The molecule has 92 valence electrons. The van der Waals surface area contributed by atoms with E-state index in [2.05, 4.69) is 6.58 Å². The predicted molar refractivity (Wildman–Crippen MR) is 57.9 cm³/mol. The molecule has 0 radical (unpaired) electrons. The average Bonchev–Trinajstić information content (AvgIpc) is 2.17. The summed E-state index contributed by atoms with van der Waals surface area (Å²) in [6.07, 6.45) is 2.02. The molecule has 1 atom stereocenters. The topological polar surface area (TPSA) is 83.8 Å². The van der Waals surface area contributed by atoms with Crippen molar-refractivity contribution in [3.05, 3.63) is 12.7 Å². The first-order valence-corrected chi connectivity index (χ1v) is 5.18. The van der Waals surface area contributed by atoms with Gasteiger partial charge in [-0.1, -0.05) is 19.4 Å². The Morgan fingerprint density at radius 3 is 2.56 bits per heavy atom. The highest BCUT2D eigenvalue weighted by Crippen LogP contribution is 2.18. The van der Waals surface area contributed by atoms with Crippen LogP contribution in [0.1, 0.15) is 32.6 Å². The number of unbranched alkanes of at least 4 members (excludes halogenated alkanes) is 1. The molecule has 0 fully saturated rings. The summed E-state index contributed by atoms with van der Waals surface area (Å²) in [5.74, 6) is -2.15. The van der Waals surface area contributed by atoms with Gasteiger partial charge in [0.2, 0.25) is 0 Å². The Hall–Kier alpha value is -1.36. The quantitative estimate of drug-likeness (QED) is 0.371. The molecular formula is C11H18O5. The summed E-state index contributed by atoms with van der Waals surface area (Å²) >= 11 is 0. The smallest absolute Gasteiger partial charge is 0.339 e. The van der Waals surface area contributed by atoms with E-state index < -0.39 is 24.0 Å². The number of carbonyl (C=O) groups excluding carboxylic acids is 1. The van der Waals surface area contributed by atoms with Gasteiger partial charge in [0, 0.05) is 6.42 Å². The summed E-state index contributed by atoms with van der Waals surface area (Å²) in [4.78, 5) is 22.0. The molecule has 0 aliphatic heterocycles. The van der Waals surface area contributed by atoms with Crippen LogP contribution < -0.4 is 0 Å². The van der Waals surface area contributed by atoms with E-state index in [4.69, 9.17) is 9.84 Å². The standard InChI is InChI=1S/C11H18O5/c1-3-5-7-16-10(14)11(15,6-4-2)8-9(12)13/h4,15H,2-3,5-8H2,1H3,(H,12,13)/t11-/m1/s1. The molecule has 0 aromatic carbocycles. The van der Waals surface area contributed by atoms with E-state index in [9.17, 15) is 14.7 Å². The Labute approximate surface area is 94.7 Å². The molecule has 0 saturated heterocycles. The van der Waals surface area contributed by atoms with E-state index in [1.165, 1.54) is 6.08 Å². The van der Waals surface area contributed by atoms with Crippen molar-refractivity contribution in [3.8, 4) is 0 Å². The first-order chi connectivity index (χ1) is 7.46. The van der Waals surface area contributed by atoms with Gasteiger partial charge in [-0.05, 0) is 6.42 Å². The molecule has 0 aromatic heterocycles. The van der Waals surface area contributed by atoms with E-state index >= 15 is 0 Å². The minimum Gasteiger partial charge on any atom is -0.481 e. The highest BCUT2D eigenvalue weighted by molar-refractivity contribution is 5.85. The van der Waals surface area contributed by atoms with Crippen LogP contribution in [-0.2, 0) is 14.3 Å². The Kier molecular flexibility index (Phi) is 6.41. The van der Waals surface area contributed by atoms with E-state index in [0.29, 0.717) is 6.42 Å². The van der Waals surface area contributed by atoms with Crippen molar-refractivity contribution in [3.63, 3.8) is 0 Å². The van der Waals surface area contributed by atoms with E-state index in [0.717, 1.165) is 6.42 Å². The van der Waals surface area contributed by atoms with Gasteiger partial charge in [0.15, 0.2) is 5.60 Å². The van der Waals surface area contributed by atoms with Gasteiger partial charge in [0.1, 0.15) is 0 Å². The monoisotopic (exact) mass is 230 g/mol. The van der Waals surface area contributed by atoms with Gasteiger partial charge in [-0.15, -0.1) is 6.58 Å². The second-order valence-electron chi connectivity index (χ2n) is 3.58. The normalized spacial score (nSPS) is 13.9. The third kappa shape index (κ3) is 4.93. The van der Waals surface area contributed by atoms with Crippen LogP contribution in [0, 0.1) is 0 Å². The fraction of sp³-hybridized carbons (Fsp3) is 0.636. The van der Waals surface area contributed by atoms with Crippen molar-refractivity contribution in [2.45, 2.75) is 38.2 Å². The lowest BCUT2D eigenvalue weighted by Gasteiger charge is -2.22. The molecule has 16 heavy (non-hydrogen) atoms. The molecule has 0 amide bonds. The first-order valence-electron chi connectivity index (χ1n) is 5.18. The fourth-order valence-corrected chi connectivity index (χ4v) is 1.16. The molecule has 2 N–H and O–H groups in total. The Morgan fingerprint density at radius 1 is 1.50 bits per heavy atom. The predicted octanol–water partition coefficient (Wildman–Crippen LogP) is 1.11. The maximum absolute atomic E-state index is 11.5. The number of hydrogen-bond donors (Lipinski definition) is 2. The van der Waals surface area contributed by atoms with Crippen LogP contribution in [-0.4, -0.2) is 34.4 Å². The number of ether oxygens (including phenoxy) is 1. The summed E-state index contributed by atoms with van der Waals surface area (Å²) < 4.78 is 4.80. The molecule has 0 aliphatic rings. The molecule has 5 heteroatoms. The highest BCUT2D eigenvalue weighted by Gasteiger charge is 2.38. The van der Waals surface area contributed by atoms with Crippen LogP contribution in [0.2, 0.25) is 0 Å². The number of esters is 1. The lowest BCUT2D eigenvalue weighted by Crippen LogP contribution is -2.42. The number of carboxylic acids is 1. The van der Waals surface area contributed by atoms with Crippen molar-refractivity contribution >= 4 is 11.9 Å². The van der Waals surface area contributed by atoms with Gasteiger partial charge in [-0.2, -0.15) is 0 Å². The van der Waals surface area contributed by atoms with Crippen LogP contribution in [0.5, 0.6) is 0 Å². The number of carboxylic acid groups (broad SMARTS) is 1. The van der Waals surface area contributed by atoms with Crippen LogP contribution in [0.4, 0.5) is 0 Å². The average molecular weight is 230 g/mol. The number of carbonyl (C=O) groups is 2. The lowest BCUT2D eigenvalue weighted by atomic mass is 9.96. The maximum Gasteiger partial charge on any atom is 0.339 e. The lowest BCUT2D eigenvalue weighted by molar-refractivity contribution is -0.170. The Balaban J connectivity index is 4.43. The van der Waals surface area contributed by atoms with Crippen molar-refractivity contribution in [1.82, 2.24) is 0 Å². The largest absolute Gasteiger partial charge is 0.481 e. The van der Waals surface area contributed by atoms with Gasteiger partial charge < -0.3 is 14.9 Å². The van der Waals surface area contributed by atoms with Crippen molar-refractivity contribution in [2.24, 2.45) is 0 Å². The van der Waals surface area contributed by atoms with Gasteiger partial charge in [0.25, 0.3) is 0 Å². The molecule has 0 unspecified atom stereocenters. The fourth-order valence-electron chi connectivity index (χ4n) is 1.16. The number of hydrogen-bond acceptors (Lipinski definition) is 4. The van der Waals surface area contributed by atoms with Crippen LogP contribution in [0.15, 0.2) is 12.7 Å². The second kappa shape index (κ2) is 7.00. The maximum atomic E-state index is 11.5. The first kappa shape index (κ1) is 14.6. The van der Waals surface area contributed by atoms with Gasteiger partial charge in [-0.25, -0.2) is 4.79 Å². The van der Waals surface area contributed by atoms with Crippen LogP contribution in [0.25, 0.3) is 0 Å². The molecule has 5 nitrogen and oxygen atoms in total. The van der Waals surface area contributed by atoms with Crippen LogP contribution in [0.3, 0.4) is 0 Å². The van der Waals surface area contributed by atoms with E-state index in [1.807, 2.05) is 6.92 Å². The minimum absolute atomic E-state index is 0.135. The summed E-state index contributed by atoms with van der Waals surface area (Å²) in [6.45, 7) is 5.49. The minimum atomic E-state index is -2.00.